The van der Waals surface area contributed by atoms with E-state index in [9.17, 15) is 10.1 Å². The van der Waals surface area contributed by atoms with Crippen LogP contribution in [-0.2, 0) is 0 Å². The number of hydrogen-bond donors (Lipinski definition) is 0. The van der Waals surface area contributed by atoms with E-state index < -0.39 is 4.92 Å². The van der Waals surface area contributed by atoms with Gasteiger partial charge in [0, 0.05) is 23.9 Å². The summed E-state index contributed by atoms with van der Waals surface area (Å²) in [6.07, 6.45) is 1.78. The first-order valence-corrected chi connectivity index (χ1v) is 5.30. The smallest absolute Gasteiger partial charge is 0.258 e. The van der Waals surface area contributed by atoms with Gasteiger partial charge in [-0.05, 0) is 12.1 Å². The van der Waals surface area contributed by atoms with Crippen molar-refractivity contribution in [2.24, 2.45) is 0 Å². The van der Waals surface area contributed by atoms with Crippen LogP contribution >= 0.6 is 0 Å². The van der Waals surface area contributed by atoms with Gasteiger partial charge < -0.3 is 0 Å². The number of benzene rings is 1. The predicted octanol–water partition coefficient (Wildman–Crippen LogP) is 2.30. The molecule has 0 saturated heterocycles. The van der Waals surface area contributed by atoms with Crippen molar-refractivity contribution in [3.8, 4) is 11.4 Å². The van der Waals surface area contributed by atoms with E-state index in [0.717, 1.165) is 0 Å². The van der Waals surface area contributed by atoms with Crippen LogP contribution in [0.15, 0.2) is 48.7 Å². The Hall–Kier alpha value is -2.76. The first-order valence-electron chi connectivity index (χ1n) is 5.30. The van der Waals surface area contributed by atoms with Crippen molar-refractivity contribution in [2.45, 2.75) is 0 Å². The Kier molecular flexibility index (Phi) is 2.26. The molecule has 6 nitrogen and oxygen atoms in total. The summed E-state index contributed by atoms with van der Waals surface area (Å²) in [6.45, 7) is 0. The molecule has 6 heteroatoms. The molecule has 0 unspecified atom stereocenters. The van der Waals surface area contributed by atoms with Gasteiger partial charge in [-0.1, -0.05) is 18.2 Å². The van der Waals surface area contributed by atoms with Gasteiger partial charge in [0.2, 0.25) is 0 Å². The largest absolute Gasteiger partial charge is 0.270 e. The molecule has 0 N–H and O–H groups in total. The van der Waals surface area contributed by atoms with Crippen molar-refractivity contribution < 1.29 is 4.92 Å². The number of aromatic nitrogens is 3. The molecule has 3 rings (SSSR count). The van der Waals surface area contributed by atoms with Gasteiger partial charge in [-0.3, -0.25) is 10.1 Å². The molecule has 2 heterocycles. The fourth-order valence-electron chi connectivity index (χ4n) is 1.71. The topological polar surface area (TPSA) is 73.3 Å². The van der Waals surface area contributed by atoms with Crippen LogP contribution in [-0.4, -0.2) is 19.5 Å². The van der Waals surface area contributed by atoms with Gasteiger partial charge >= 0.3 is 0 Å². The molecule has 0 amide bonds. The van der Waals surface area contributed by atoms with Gasteiger partial charge in [-0.2, -0.15) is 0 Å². The number of rotatable bonds is 2. The molecule has 3 aromatic rings. The Bertz CT molecular complexity index is 703. The molecule has 0 radical (unpaired) electrons. The molecule has 2 aromatic heterocycles. The third kappa shape index (κ3) is 1.69. The van der Waals surface area contributed by atoms with Crippen molar-refractivity contribution in [2.75, 3.05) is 0 Å². The lowest BCUT2D eigenvalue weighted by Gasteiger charge is -1.94. The molecule has 0 fully saturated rings. The lowest BCUT2D eigenvalue weighted by Crippen LogP contribution is -1.89. The van der Waals surface area contributed by atoms with Crippen LogP contribution in [0.4, 0.5) is 5.69 Å². The monoisotopic (exact) mass is 240 g/mol. The maximum absolute atomic E-state index is 10.7. The summed E-state index contributed by atoms with van der Waals surface area (Å²) in [5.41, 5.74) is 1.37. The minimum absolute atomic E-state index is 0.0337. The van der Waals surface area contributed by atoms with Gasteiger partial charge in [0.1, 0.15) is 0 Å². The standard InChI is InChI=1S/C12H8N4O2/c17-16(18)10-5-3-4-9(8-10)12-13-11-6-1-2-7-15(11)14-12/h1-8H. The Morgan fingerprint density at radius 2 is 2.06 bits per heavy atom. The zero-order valence-electron chi connectivity index (χ0n) is 9.22. The molecule has 1 aromatic carbocycles. The fraction of sp³-hybridized carbons (Fsp3) is 0. The lowest BCUT2D eigenvalue weighted by atomic mass is 10.2. The highest BCUT2D eigenvalue weighted by Gasteiger charge is 2.10. The number of hydrogen-bond acceptors (Lipinski definition) is 4. The number of nitrogens with zero attached hydrogens (tertiary/aromatic N) is 4. The van der Waals surface area contributed by atoms with Gasteiger partial charge in [0.25, 0.3) is 5.69 Å². The molecule has 0 saturated carbocycles. The average Bonchev–Trinajstić information content (AvgIpc) is 2.82. The Labute approximate surface area is 102 Å². The van der Waals surface area contributed by atoms with Crippen LogP contribution in [0.5, 0.6) is 0 Å². The maximum Gasteiger partial charge on any atom is 0.270 e. The molecule has 0 aliphatic rings. The quantitative estimate of drug-likeness (QED) is 0.509. The van der Waals surface area contributed by atoms with E-state index in [2.05, 4.69) is 10.1 Å². The van der Waals surface area contributed by atoms with Crippen molar-refractivity contribution in [3.63, 3.8) is 0 Å². The van der Waals surface area contributed by atoms with Crippen molar-refractivity contribution >= 4 is 11.3 Å². The van der Waals surface area contributed by atoms with Crippen LogP contribution in [0.2, 0.25) is 0 Å². The summed E-state index contributed by atoms with van der Waals surface area (Å²) in [5, 5.41) is 15.0. The molecular formula is C12H8N4O2. The molecule has 0 atom stereocenters. The van der Waals surface area contributed by atoms with Gasteiger partial charge in [-0.25, -0.2) is 9.50 Å². The number of nitro benzene ring substituents is 1. The number of nitro groups is 1. The minimum Gasteiger partial charge on any atom is -0.258 e. The maximum atomic E-state index is 10.7. The zero-order valence-corrected chi connectivity index (χ0v) is 9.22. The second-order valence-electron chi connectivity index (χ2n) is 3.75. The highest BCUT2D eigenvalue weighted by Crippen LogP contribution is 2.21. The zero-order chi connectivity index (χ0) is 12.5. The first kappa shape index (κ1) is 10.4. The Balaban J connectivity index is 2.13. The van der Waals surface area contributed by atoms with Crippen LogP contribution in [0.25, 0.3) is 17.0 Å². The third-order valence-electron chi connectivity index (χ3n) is 2.56. The van der Waals surface area contributed by atoms with E-state index >= 15 is 0 Å². The van der Waals surface area contributed by atoms with Crippen LogP contribution in [0.1, 0.15) is 0 Å². The predicted molar refractivity (Wildman–Crippen MR) is 65.1 cm³/mol. The number of non-ortho nitro benzene ring substituents is 1. The highest BCUT2D eigenvalue weighted by atomic mass is 16.6. The summed E-state index contributed by atoms with van der Waals surface area (Å²) in [4.78, 5) is 14.6. The summed E-state index contributed by atoms with van der Waals surface area (Å²) in [6, 6.07) is 11.8. The fourth-order valence-corrected chi connectivity index (χ4v) is 1.71. The summed E-state index contributed by atoms with van der Waals surface area (Å²) in [5.74, 6) is 0.477. The second-order valence-corrected chi connectivity index (χ2v) is 3.75. The van der Waals surface area contributed by atoms with Gasteiger partial charge in [0.15, 0.2) is 11.5 Å². The van der Waals surface area contributed by atoms with E-state index in [1.165, 1.54) is 12.1 Å². The number of pyridine rings is 1. The van der Waals surface area contributed by atoms with E-state index in [1.807, 2.05) is 18.2 Å². The summed E-state index contributed by atoms with van der Waals surface area (Å²) < 4.78 is 1.63. The molecule has 0 aliphatic heterocycles. The molecule has 88 valence electrons. The van der Waals surface area contributed by atoms with Gasteiger partial charge in [-0.15, -0.1) is 5.10 Å². The summed E-state index contributed by atoms with van der Waals surface area (Å²) >= 11 is 0. The van der Waals surface area contributed by atoms with Crippen LogP contribution in [0, 0.1) is 10.1 Å². The Morgan fingerprint density at radius 3 is 2.83 bits per heavy atom. The SMILES string of the molecule is O=[N+]([O-])c1cccc(-c2nc3ccccn3n2)c1. The third-order valence-corrected chi connectivity index (χ3v) is 2.56. The Morgan fingerprint density at radius 1 is 1.17 bits per heavy atom. The molecule has 0 aliphatic carbocycles. The van der Waals surface area contributed by atoms with Crippen molar-refractivity contribution in [1.82, 2.24) is 14.6 Å². The average molecular weight is 240 g/mol. The minimum atomic E-state index is -0.431. The lowest BCUT2D eigenvalue weighted by molar-refractivity contribution is -0.384. The van der Waals surface area contributed by atoms with E-state index in [0.29, 0.717) is 17.0 Å². The second kappa shape index (κ2) is 3.92. The van der Waals surface area contributed by atoms with Crippen LogP contribution < -0.4 is 0 Å². The molecule has 18 heavy (non-hydrogen) atoms. The van der Waals surface area contributed by atoms with E-state index in [-0.39, 0.29) is 5.69 Å². The molecule has 0 spiro atoms. The van der Waals surface area contributed by atoms with E-state index in [4.69, 9.17) is 0 Å². The number of fused-ring (bicyclic) bond motifs is 1. The highest BCUT2D eigenvalue weighted by molar-refractivity contribution is 5.61. The molecule has 0 bridgehead atoms. The van der Waals surface area contributed by atoms with Gasteiger partial charge in [0.05, 0.1) is 4.92 Å². The van der Waals surface area contributed by atoms with Crippen molar-refractivity contribution in [3.05, 3.63) is 58.8 Å². The van der Waals surface area contributed by atoms with Crippen molar-refractivity contribution in [1.29, 1.82) is 0 Å². The van der Waals surface area contributed by atoms with E-state index in [1.54, 1.807) is 22.8 Å². The molecular weight excluding hydrogens is 232 g/mol. The van der Waals surface area contributed by atoms with Crippen LogP contribution in [0.3, 0.4) is 0 Å². The summed E-state index contributed by atoms with van der Waals surface area (Å²) in [7, 11) is 0. The first-order chi connectivity index (χ1) is 8.74. The normalized spacial score (nSPS) is 10.7.